The molecule has 30 heavy (non-hydrogen) atoms. The van der Waals surface area contributed by atoms with Crippen LogP contribution in [0.15, 0.2) is 48.5 Å². The smallest absolute Gasteiger partial charge is 0.307 e. The number of anilines is 2. The summed E-state index contributed by atoms with van der Waals surface area (Å²) in [5.74, 6) is -0.715. The topological polar surface area (TPSA) is 93.7 Å². The first kappa shape index (κ1) is 19.9. The monoisotopic (exact) mass is 408 g/mol. The number of nitrogens with one attached hydrogen (secondary N) is 2. The van der Waals surface area contributed by atoms with Crippen molar-refractivity contribution in [2.24, 2.45) is 5.92 Å². The van der Waals surface area contributed by atoms with Crippen LogP contribution >= 0.6 is 0 Å². The van der Waals surface area contributed by atoms with E-state index in [1.807, 2.05) is 0 Å². The minimum Gasteiger partial charge on any atom is -0.497 e. The SMILES string of the molecule is COc1cccc(NC(=O)c2cccc(NC(=O)[C@H]3CC(=O)OC34CCCC4)c2)c1. The molecule has 2 N–H and O–H groups in total. The number of rotatable bonds is 5. The normalized spacial score (nSPS) is 19.4. The van der Waals surface area contributed by atoms with Crippen molar-refractivity contribution in [3.63, 3.8) is 0 Å². The fourth-order valence-electron chi connectivity index (χ4n) is 4.32. The van der Waals surface area contributed by atoms with Crippen LogP contribution in [0.2, 0.25) is 0 Å². The number of methoxy groups -OCH3 is 1. The average Bonchev–Trinajstić information content (AvgIpc) is 3.34. The molecule has 4 rings (SSSR count). The van der Waals surface area contributed by atoms with Crippen LogP contribution in [0.3, 0.4) is 0 Å². The summed E-state index contributed by atoms with van der Waals surface area (Å²) in [5, 5.41) is 5.68. The molecule has 0 bridgehead atoms. The van der Waals surface area contributed by atoms with E-state index in [9.17, 15) is 14.4 Å². The lowest BCUT2D eigenvalue weighted by Gasteiger charge is -2.27. The number of carbonyl (C=O) groups excluding carboxylic acids is 3. The quantitative estimate of drug-likeness (QED) is 0.735. The maximum absolute atomic E-state index is 12.9. The average molecular weight is 408 g/mol. The van der Waals surface area contributed by atoms with Crippen molar-refractivity contribution in [3.8, 4) is 5.75 Å². The van der Waals surface area contributed by atoms with E-state index in [1.165, 1.54) is 0 Å². The van der Waals surface area contributed by atoms with Gasteiger partial charge in [0, 0.05) is 23.0 Å². The van der Waals surface area contributed by atoms with E-state index in [2.05, 4.69) is 10.6 Å². The molecule has 2 amide bonds. The van der Waals surface area contributed by atoms with E-state index in [4.69, 9.17) is 9.47 Å². The number of hydrogen-bond donors (Lipinski definition) is 2. The van der Waals surface area contributed by atoms with Gasteiger partial charge < -0.3 is 20.1 Å². The van der Waals surface area contributed by atoms with Crippen molar-refractivity contribution >= 4 is 29.2 Å². The largest absolute Gasteiger partial charge is 0.497 e. The molecule has 1 aliphatic carbocycles. The molecule has 1 aliphatic heterocycles. The van der Waals surface area contributed by atoms with Crippen LogP contribution in [0, 0.1) is 5.92 Å². The molecule has 2 aromatic carbocycles. The lowest BCUT2D eigenvalue weighted by molar-refractivity contribution is -0.149. The fraction of sp³-hybridized carbons (Fsp3) is 0.348. The molecule has 1 heterocycles. The van der Waals surface area contributed by atoms with Gasteiger partial charge in [0.2, 0.25) is 5.91 Å². The van der Waals surface area contributed by atoms with E-state index in [1.54, 1.807) is 55.6 Å². The summed E-state index contributed by atoms with van der Waals surface area (Å²) in [7, 11) is 1.56. The van der Waals surface area contributed by atoms with Crippen LogP contribution in [0.1, 0.15) is 42.5 Å². The molecular weight excluding hydrogens is 384 g/mol. The zero-order chi connectivity index (χ0) is 21.1. The molecule has 7 nitrogen and oxygen atoms in total. The second kappa shape index (κ2) is 8.18. The van der Waals surface area contributed by atoms with Gasteiger partial charge in [0.15, 0.2) is 0 Å². The Bertz CT molecular complexity index is 981. The summed E-state index contributed by atoms with van der Waals surface area (Å²) >= 11 is 0. The Hall–Kier alpha value is -3.35. The molecule has 0 unspecified atom stereocenters. The van der Waals surface area contributed by atoms with E-state index in [0.29, 0.717) is 22.7 Å². The Labute approximate surface area is 174 Å². The van der Waals surface area contributed by atoms with Crippen LogP contribution in [0.25, 0.3) is 0 Å². The standard InChI is InChI=1S/C23H24N2O5/c1-29-18-9-5-8-17(13-18)24-21(27)15-6-4-7-16(12-15)25-22(28)19-14-20(26)30-23(19)10-2-3-11-23/h4-9,12-13,19H,2-3,10-11,14H2,1H3,(H,24,27)(H,25,28)/t19-/m1/s1. The van der Waals surface area contributed by atoms with Crippen molar-refractivity contribution in [1.29, 1.82) is 0 Å². The lowest BCUT2D eigenvalue weighted by atomic mass is 9.85. The third-order valence-corrected chi connectivity index (χ3v) is 5.81. The van der Waals surface area contributed by atoms with Gasteiger partial charge >= 0.3 is 5.97 Å². The number of benzene rings is 2. The Morgan fingerprint density at radius 1 is 1.03 bits per heavy atom. The molecule has 1 saturated heterocycles. The summed E-state index contributed by atoms with van der Waals surface area (Å²) in [4.78, 5) is 37.4. The summed E-state index contributed by atoms with van der Waals surface area (Å²) in [6.07, 6.45) is 3.45. The van der Waals surface area contributed by atoms with Gasteiger partial charge in [0.25, 0.3) is 5.91 Å². The number of ether oxygens (including phenoxy) is 2. The third kappa shape index (κ3) is 4.01. The highest BCUT2D eigenvalue weighted by Gasteiger charge is 2.53. The van der Waals surface area contributed by atoms with Gasteiger partial charge in [0.05, 0.1) is 19.4 Å². The molecule has 1 spiro atoms. The Morgan fingerprint density at radius 3 is 2.47 bits per heavy atom. The van der Waals surface area contributed by atoms with Crippen molar-refractivity contribution in [2.45, 2.75) is 37.7 Å². The molecule has 2 fully saturated rings. The first-order valence-electron chi connectivity index (χ1n) is 10.1. The summed E-state index contributed by atoms with van der Waals surface area (Å²) in [6, 6.07) is 13.8. The summed E-state index contributed by atoms with van der Waals surface area (Å²) < 4.78 is 10.7. The predicted octanol–water partition coefficient (Wildman–Crippen LogP) is 3.76. The highest BCUT2D eigenvalue weighted by Crippen LogP contribution is 2.45. The molecule has 7 heteroatoms. The second-order valence-corrected chi connectivity index (χ2v) is 7.76. The fourth-order valence-corrected chi connectivity index (χ4v) is 4.32. The Morgan fingerprint density at radius 2 is 1.73 bits per heavy atom. The molecule has 2 aromatic rings. The molecule has 0 radical (unpaired) electrons. The summed E-state index contributed by atoms with van der Waals surface area (Å²) in [5.41, 5.74) is 0.858. The molecular formula is C23H24N2O5. The highest BCUT2D eigenvalue weighted by molar-refractivity contribution is 6.05. The van der Waals surface area contributed by atoms with Gasteiger partial charge in [-0.2, -0.15) is 0 Å². The minimum atomic E-state index is -0.664. The summed E-state index contributed by atoms with van der Waals surface area (Å²) in [6.45, 7) is 0. The van der Waals surface area contributed by atoms with Crippen molar-refractivity contribution in [1.82, 2.24) is 0 Å². The minimum absolute atomic E-state index is 0.0991. The highest BCUT2D eigenvalue weighted by atomic mass is 16.6. The van der Waals surface area contributed by atoms with Crippen LogP contribution < -0.4 is 15.4 Å². The van der Waals surface area contributed by atoms with E-state index in [0.717, 1.165) is 25.7 Å². The van der Waals surface area contributed by atoms with Gasteiger partial charge in [-0.25, -0.2) is 0 Å². The molecule has 0 aromatic heterocycles. The Balaban J connectivity index is 1.46. The molecule has 156 valence electrons. The van der Waals surface area contributed by atoms with Gasteiger partial charge in [-0.05, 0) is 56.0 Å². The maximum Gasteiger partial charge on any atom is 0.307 e. The number of hydrogen-bond acceptors (Lipinski definition) is 5. The lowest BCUT2D eigenvalue weighted by Crippen LogP contribution is -2.39. The van der Waals surface area contributed by atoms with Crippen molar-refractivity contribution in [2.75, 3.05) is 17.7 Å². The number of esters is 1. The third-order valence-electron chi connectivity index (χ3n) is 5.81. The van der Waals surface area contributed by atoms with Gasteiger partial charge in [-0.1, -0.05) is 12.1 Å². The van der Waals surface area contributed by atoms with Gasteiger partial charge in [0.1, 0.15) is 11.4 Å². The predicted molar refractivity (Wildman–Crippen MR) is 111 cm³/mol. The first-order valence-corrected chi connectivity index (χ1v) is 10.1. The zero-order valence-electron chi connectivity index (χ0n) is 16.8. The molecule has 1 saturated carbocycles. The van der Waals surface area contributed by atoms with Crippen molar-refractivity contribution in [3.05, 3.63) is 54.1 Å². The van der Waals surface area contributed by atoms with Crippen molar-refractivity contribution < 1.29 is 23.9 Å². The first-order chi connectivity index (χ1) is 14.5. The number of amides is 2. The van der Waals surface area contributed by atoms with Crippen LogP contribution in [0.4, 0.5) is 11.4 Å². The number of carbonyl (C=O) groups is 3. The van der Waals surface area contributed by atoms with Gasteiger partial charge in [-0.15, -0.1) is 0 Å². The maximum atomic E-state index is 12.9. The van der Waals surface area contributed by atoms with Gasteiger partial charge in [-0.3, -0.25) is 14.4 Å². The second-order valence-electron chi connectivity index (χ2n) is 7.76. The van der Waals surface area contributed by atoms with E-state index in [-0.39, 0.29) is 24.2 Å². The van der Waals surface area contributed by atoms with E-state index >= 15 is 0 Å². The Kier molecular flexibility index (Phi) is 5.44. The van der Waals surface area contributed by atoms with Crippen LogP contribution in [-0.4, -0.2) is 30.5 Å². The molecule has 2 aliphatic rings. The van der Waals surface area contributed by atoms with Crippen LogP contribution in [0.5, 0.6) is 5.75 Å². The molecule has 1 atom stereocenters. The van der Waals surface area contributed by atoms with Crippen LogP contribution in [-0.2, 0) is 14.3 Å². The van der Waals surface area contributed by atoms with E-state index < -0.39 is 11.5 Å². The zero-order valence-corrected chi connectivity index (χ0v) is 16.8.